The van der Waals surface area contributed by atoms with Gasteiger partial charge in [-0.1, -0.05) is 200 Å². The highest BCUT2D eigenvalue weighted by Gasteiger charge is 2.22. The zero-order chi connectivity index (χ0) is 40.3. The van der Waals surface area contributed by atoms with E-state index in [1.54, 1.807) is 0 Å². The first-order valence-electron chi connectivity index (χ1n) is 20.7. The van der Waals surface area contributed by atoms with Gasteiger partial charge in [-0.05, 0) is 61.0 Å². The Bertz CT molecular complexity index is 3580. The van der Waals surface area contributed by atoms with Gasteiger partial charge in [-0.15, -0.1) is 0 Å². The van der Waals surface area contributed by atoms with E-state index < -0.39 is 0 Å². The van der Waals surface area contributed by atoms with E-state index in [0.717, 1.165) is 72.5 Å². The van der Waals surface area contributed by atoms with Crippen molar-refractivity contribution in [3.05, 3.63) is 219 Å². The zero-order valence-electron chi connectivity index (χ0n) is 33.1. The Morgan fingerprint density at radius 1 is 0.311 bits per heavy atom. The molecule has 4 nitrogen and oxygen atoms in total. The molecule has 0 N–H and O–H groups in total. The minimum atomic E-state index is 0.676. The van der Waals surface area contributed by atoms with Crippen LogP contribution in [0.1, 0.15) is 0 Å². The molecule has 0 bridgehead atoms. The van der Waals surface area contributed by atoms with Crippen molar-refractivity contribution in [2.75, 3.05) is 0 Å². The molecule has 0 radical (unpaired) electrons. The van der Waals surface area contributed by atoms with E-state index in [2.05, 4.69) is 211 Å². The molecule has 4 heteroatoms. The molecule has 284 valence electrons. The van der Waals surface area contributed by atoms with Gasteiger partial charge in [0.15, 0.2) is 5.82 Å². The molecule has 9 aromatic carbocycles. The summed E-state index contributed by atoms with van der Waals surface area (Å²) in [7, 11) is 0. The Balaban J connectivity index is 1.04. The molecule has 3 aromatic heterocycles. The molecule has 0 aliphatic rings. The highest BCUT2D eigenvalue weighted by molar-refractivity contribution is 6.25. The second kappa shape index (κ2) is 14.3. The summed E-state index contributed by atoms with van der Waals surface area (Å²) >= 11 is 0. The number of aromatic nitrogens is 4. The van der Waals surface area contributed by atoms with Crippen LogP contribution in [0, 0.1) is 0 Å². The molecule has 12 aromatic rings. The molecule has 0 unspecified atom stereocenters. The van der Waals surface area contributed by atoms with Crippen LogP contribution in [0.5, 0.6) is 0 Å². The zero-order valence-corrected chi connectivity index (χ0v) is 33.1. The van der Waals surface area contributed by atoms with E-state index in [1.165, 1.54) is 37.7 Å². The van der Waals surface area contributed by atoms with Crippen LogP contribution in [-0.2, 0) is 0 Å². The summed E-state index contributed by atoms with van der Waals surface area (Å²) < 4.78 is 2.14. The molecule has 0 fully saturated rings. The molecule has 0 atom stereocenters. The molecule has 0 amide bonds. The van der Waals surface area contributed by atoms with Crippen molar-refractivity contribution in [2.24, 2.45) is 0 Å². The predicted molar refractivity (Wildman–Crippen MR) is 253 cm³/mol. The van der Waals surface area contributed by atoms with Crippen molar-refractivity contribution < 1.29 is 0 Å². The first-order valence-corrected chi connectivity index (χ1v) is 20.7. The largest absolute Gasteiger partial charge is 0.231 e. The van der Waals surface area contributed by atoms with Crippen molar-refractivity contribution in [3.63, 3.8) is 0 Å². The molecule has 0 saturated heterocycles. The fourth-order valence-corrected chi connectivity index (χ4v) is 9.24. The van der Waals surface area contributed by atoms with E-state index in [0.29, 0.717) is 5.82 Å². The number of nitrogens with zero attached hydrogens (tertiary/aromatic N) is 4. The van der Waals surface area contributed by atoms with E-state index in [4.69, 9.17) is 15.1 Å². The number of fused-ring (bicyclic) bond motifs is 9. The lowest BCUT2D eigenvalue weighted by molar-refractivity contribution is 0.976. The summed E-state index contributed by atoms with van der Waals surface area (Å²) in [6.07, 6.45) is 2.01. The molecule has 0 saturated carbocycles. The normalized spacial score (nSPS) is 11.6. The quantitative estimate of drug-likeness (QED) is 0.158. The molecule has 0 spiro atoms. The maximum atomic E-state index is 5.31. The van der Waals surface area contributed by atoms with Crippen molar-refractivity contribution in [1.29, 1.82) is 0 Å². The Morgan fingerprint density at radius 2 is 0.770 bits per heavy atom. The molecule has 61 heavy (non-hydrogen) atoms. The topological polar surface area (TPSA) is 43.1 Å². The lowest BCUT2D eigenvalue weighted by atomic mass is 9.91. The Labute approximate surface area is 352 Å². The number of benzene rings is 9. The van der Waals surface area contributed by atoms with Crippen LogP contribution < -0.4 is 0 Å². The van der Waals surface area contributed by atoms with E-state index in [9.17, 15) is 0 Å². The van der Waals surface area contributed by atoms with Crippen LogP contribution in [0.25, 0.3) is 116 Å². The molecule has 12 rings (SSSR count). The summed E-state index contributed by atoms with van der Waals surface area (Å²) in [5.41, 5.74) is 12.5. The minimum Gasteiger partial charge on any atom is -0.231 e. The summed E-state index contributed by atoms with van der Waals surface area (Å²) in [6, 6.07) is 75.3. The van der Waals surface area contributed by atoms with Gasteiger partial charge in [-0.25, -0.2) is 14.5 Å². The molecular weight excluding hydrogens is 741 g/mol. The Hall–Kier alpha value is -8.21. The predicted octanol–water partition coefficient (Wildman–Crippen LogP) is 14.7. The third kappa shape index (κ3) is 5.80. The maximum absolute atomic E-state index is 5.31. The van der Waals surface area contributed by atoms with Crippen LogP contribution in [0.3, 0.4) is 0 Å². The minimum absolute atomic E-state index is 0.676. The van der Waals surface area contributed by atoms with E-state index in [-0.39, 0.29) is 0 Å². The first-order chi connectivity index (χ1) is 30.3. The van der Waals surface area contributed by atoms with Gasteiger partial charge in [0, 0.05) is 38.8 Å². The Morgan fingerprint density at radius 3 is 1.39 bits per heavy atom. The van der Waals surface area contributed by atoms with Crippen molar-refractivity contribution in [3.8, 4) is 67.4 Å². The van der Waals surface area contributed by atoms with Gasteiger partial charge in [0.05, 0.1) is 28.8 Å². The summed E-state index contributed by atoms with van der Waals surface area (Å²) in [4.78, 5) is 10.5. The summed E-state index contributed by atoms with van der Waals surface area (Å²) in [6.45, 7) is 0. The van der Waals surface area contributed by atoms with Crippen LogP contribution in [0.15, 0.2) is 219 Å². The van der Waals surface area contributed by atoms with Gasteiger partial charge in [0.1, 0.15) is 0 Å². The fourth-order valence-electron chi connectivity index (χ4n) is 9.24. The standard InChI is InChI=1S/C57H36N4/c1-4-16-37(17-5-1)51-36-58-61-55(40-20-8-3-9-21-40)54(48-26-14-15-27-49(48)56(51)61)39-28-30-41(31-29-39)57-59-52(38-18-6-2-7-19-38)35-53(60-57)42-32-33-47-45-24-11-10-22-43(45)44-23-12-13-25-46(44)50(47)34-42/h1-36H. The monoisotopic (exact) mass is 776 g/mol. The second-order valence-electron chi connectivity index (χ2n) is 15.6. The van der Waals surface area contributed by atoms with Crippen LogP contribution in [0.4, 0.5) is 0 Å². The second-order valence-corrected chi connectivity index (χ2v) is 15.6. The highest BCUT2D eigenvalue weighted by atomic mass is 15.2. The van der Waals surface area contributed by atoms with Gasteiger partial charge in [0.2, 0.25) is 0 Å². The molecular formula is C57H36N4. The van der Waals surface area contributed by atoms with Gasteiger partial charge >= 0.3 is 0 Å². The van der Waals surface area contributed by atoms with Gasteiger partial charge < -0.3 is 0 Å². The molecule has 3 heterocycles. The highest BCUT2D eigenvalue weighted by Crippen LogP contribution is 2.43. The van der Waals surface area contributed by atoms with Crippen LogP contribution in [0.2, 0.25) is 0 Å². The summed E-state index contributed by atoms with van der Waals surface area (Å²) in [5.74, 6) is 0.676. The van der Waals surface area contributed by atoms with Crippen LogP contribution >= 0.6 is 0 Å². The van der Waals surface area contributed by atoms with Crippen LogP contribution in [-0.4, -0.2) is 19.6 Å². The lowest BCUT2D eigenvalue weighted by Gasteiger charge is -2.18. The van der Waals surface area contributed by atoms with Crippen molar-refractivity contribution in [1.82, 2.24) is 19.6 Å². The molecule has 0 aliphatic heterocycles. The van der Waals surface area contributed by atoms with Gasteiger partial charge in [0.25, 0.3) is 0 Å². The smallest absolute Gasteiger partial charge is 0.160 e. The molecule has 0 aliphatic carbocycles. The maximum Gasteiger partial charge on any atom is 0.160 e. The van der Waals surface area contributed by atoms with Gasteiger partial charge in [-0.3, -0.25) is 0 Å². The van der Waals surface area contributed by atoms with E-state index >= 15 is 0 Å². The number of hydrogen-bond acceptors (Lipinski definition) is 3. The average Bonchev–Trinajstić information content (AvgIpc) is 3.80. The number of rotatable bonds is 6. The average molecular weight is 777 g/mol. The number of pyridine rings is 1. The fraction of sp³-hybridized carbons (Fsp3) is 0. The number of hydrogen-bond donors (Lipinski definition) is 0. The third-order valence-corrected chi connectivity index (χ3v) is 12.1. The lowest BCUT2D eigenvalue weighted by Crippen LogP contribution is -2.00. The summed E-state index contributed by atoms with van der Waals surface area (Å²) in [5, 5.41) is 14.9. The SMILES string of the molecule is c1ccc(-c2cc(-c3ccc4c5ccccc5c5ccccc5c4c3)nc(-c3ccc(-c4c(-c5ccccc5)n5ncc(-c6ccccc6)c5c5ccccc45)cc3)n2)cc1. The van der Waals surface area contributed by atoms with Crippen molar-refractivity contribution in [2.45, 2.75) is 0 Å². The van der Waals surface area contributed by atoms with E-state index in [1.807, 2.05) is 12.3 Å². The first kappa shape index (κ1) is 34.8. The Kier molecular flexibility index (Phi) is 8.13. The van der Waals surface area contributed by atoms with Crippen molar-refractivity contribution >= 4 is 48.6 Å². The van der Waals surface area contributed by atoms with Gasteiger partial charge in [-0.2, -0.15) is 5.10 Å². The third-order valence-electron chi connectivity index (χ3n) is 12.1.